The maximum absolute atomic E-state index is 9.65. The van der Waals surface area contributed by atoms with Gasteiger partial charge in [-0.3, -0.25) is 21.4 Å². The van der Waals surface area contributed by atoms with Gasteiger partial charge in [0.05, 0.1) is 32.7 Å². The fourth-order valence-corrected chi connectivity index (χ4v) is 1.05. The maximum atomic E-state index is 9.65. The Balaban J connectivity index is -0.0000000795. The molecule has 0 rings (SSSR count). The summed E-state index contributed by atoms with van der Waals surface area (Å²) in [6, 6.07) is 0. The van der Waals surface area contributed by atoms with Crippen LogP contribution in [0.5, 0.6) is 0 Å². The van der Waals surface area contributed by atoms with Crippen LogP contribution in [0.1, 0.15) is 27.7 Å². The van der Waals surface area contributed by atoms with E-state index in [0.717, 1.165) is 0 Å². The molecular formula is C12H26CoN5O7P. The second-order valence-electron chi connectivity index (χ2n) is 3.69. The van der Waals surface area contributed by atoms with Crippen LogP contribution in [0, 0.1) is 21.6 Å². The van der Waals surface area contributed by atoms with E-state index >= 15 is 0 Å². The van der Waals surface area contributed by atoms with Crippen LogP contribution in [0.3, 0.4) is 0 Å². The first-order valence-electron chi connectivity index (χ1n) is 6.32. The van der Waals surface area contributed by atoms with E-state index in [4.69, 9.17) is 35.8 Å². The smallest absolute Gasteiger partial charge is 0.397 e. The Morgan fingerprint density at radius 2 is 1.08 bits per heavy atom. The van der Waals surface area contributed by atoms with E-state index in [0.29, 0.717) is 11.4 Å². The molecule has 0 saturated carbocycles. The standard InChI is InChI=1S/2C4H8N2O2.C3H10O3P.CN.Co/c2*1-3(5-7)4(2)6-8;1-4-7(5-2)6-3;1-2;/h2*5,7H,1-2H3;7H,1-3H3;;/q;;+1;-1;. The van der Waals surface area contributed by atoms with Crippen molar-refractivity contribution in [2.75, 3.05) is 21.3 Å². The second kappa shape index (κ2) is 28.3. The molecule has 0 amide bonds. The molecule has 0 bridgehead atoms. The summed E-state index contributed by atoms with van der Waals surface area (Å²) in [5.41, 5.74) is 4.87. The average Bonchev–Trinajstić information content (AvgIpc) is 2.69. The minimum atomic E-state index is -1.36. The topological polar surface area (TPSA) is 175 Å². The summed E-state index contributed by atoms with van der Waals surface area (Å²) in [5, 5.41) is 27.6. The summed E-state index contributed by atoms with van der Waals surface area (Å²) < 4.78 is 14.1. The third-order valence-electron chi connectivity index (χ3n) is 2.19. The SMILES string of the molecule is CC(N=O)=C(C)NO.CC(N=O)=C(C)NO.CO[PH+](OC)OC.[C-]#N.[Co]. The molecule has 4 N–H and O–H groups in total. The van der Waals surface area contributed by atoms with Gasteiger partial charge in [-0.2, -0.15) is 13.6 Å². The molecule has 0 fully saturated rings. The van der Waals surface area contributed by atoms with Crippen LogP contribution in [-0.4, -0.2) is 31.7 Å². The number of nitroso groups, excluding NO2 is 2. The van der Waals surface area contributed by atoms with Crippen LogP contribution in [0.15, 0.2) is 33.1 Å². The number of hydroxylamine groups is 2. The summed E-state index contributed by atoms with van der Waals surface area (Å²) in [5.74, 6) is 0. The van der Waals surface area contributed by atoms with Crippen LogP contribution in [0.25, 0.3) is 0 Å². The first kappa shape index (κ1) is 35.6. The van der Waals surface area contributed by atoms with Crippen molar-refractivity contribution >= 4 is 8.60 Å². The van der Waals surface area contributed by atoms with Gasteiger partial charge in [0.15, 0.2) is 0 Å². The van der Waals surface area contributed by atoms with E-state index in [9.17, 15) is 9.81 Å². The van der Waals surface area contributed by atoms with Gasteiger partial charge in [0.25, 0.3) is 0 Å². The van der Waals surface area contributed by atoms with Crippen molar-refractivity contribution in [2.45, 2.75) is 27.7 Å². The van der Waals surface area contributed by atoms with Crippen LogP contribution < -0.4 is 11.0 Å². The predicted molar refractivity (Wildman–Crippen MR) is 92.5 cm³/mol. The van der Waals surface area contributed by atoms with Crippen LogP contribution in [0.2, 0.25) is 0 Å². The van der Waals surface area contributed by atoms with Crippen molar-refractivity contribution in [3.63, 3.8) is 0 Å². The second-order valence-corrected chi connectivity index (χ2v) is 5.41. The molecule has 0 aromatic rings. The Morgan fingerprint density at radius 1 is 0.846 bits per heavy atom. The zero-order valence-electron chi connectivity index (χ0n) is 15.6. The van der Waals surface area contributed by atoms with Gasteiger partial charge in [0, 0.05) is 16.8 Å². The van der Waals surface area contributed by atoms with Gasteiger partial charge in [-0.05, 0) is 38.0 Å². The van der Waals surface area contributed by atoms with Crippen molar-refractivity contribution in [1.82, 2.24) is 11.0 Å². The molecule has 1 radical (unpaired) electrons. The normalized spacial score (nSPS) is 10.5. The van der Waals surface area contributed by atoms with E-state index in [-0.39, 0.29) is 28.2 Å². The van der Waals surface area contributed by atoms with Gasteiger partial charge in [-0.1, -0.05) is 0 Å². The molecule has 0 aliphatic carbocycles. The molecule has 0 atom stereocenters. The number of nitrogens with one attached hydrogen (secondary N) is 2. The van der Waals surface area contributed by atoms with Gasteiger partial charge in [-0.25, -0.2) is 0 Å². The van der Waals surface area contributed by atoms with E-state index in [1.54, 1.807) is 46.1 Å². The summed E-state index contributed by atoms with van der Waals surface area (Å²) >= 11 is 0. The third kappa shape index (κ3) is 24.8. The van der Waals surface area contributed by atoms with Crippen LogP contribution in [0.4, 0.5) is 0 Å². The van der Waals surface area contributed by atoms with Gasteiger partial charge < -0.3 is 11.8 Å². The zero-order valence-corrected chi connectivity index (χ0v) is 17.7. The van der Waals surface area contributed by atoms with E-state index in [2.05, 4.69) is 10.4 Å². The largest absolute Gasteiger partial charge is 0.512 e. The maximum Gasteiger partial charge on any atom is 0.397 e. The molecule has 0 spiro atoms. The van der Waals surface area contributed by atoms with Crippen molar-refractivity contribution in [2.24, 2.45) is 10.4 Å². The number of hydrogen-bond acceptors (Lipinski definition) is 12. The van der Waals surface area contributed by atoms with Gasteiger partial charge in [-0.15, -0.1) is 9.81 Å². The Morgan fingerprint density at radius 3 is 1.12 bits per heavy atom. The van der Waals surface area contributed by atoms with E-state index in [1.807, 2.05) is 0 Å². The molecule has 0 heterocycles. The molecular weight excluding hydrogens is 416 g/mol. The first-order valence-corrected chi connectivity index (χ1v) is 7.55. The minimum absolute atomic E-state index is 0. The summed E-state index contributed by atoms with van der Waals surface area (Å²) in [4.78, 5) is 19.3. The monoisotopic (exact) mass is 442 g/mol. The Kier molecular flexibility index (Phi) is 38.8. The molecule has 26 heavy (non-hydrogen) atoms. The van der Waals surface area contributed by atoms with Crippen molar-refractivity contribution in [3.8, 4) is 0 Å². The number of rotatable bonds is 7. The molecule has 0 unspecified atom stereocenters. The fourth-order valence-electron chi connectivity index (χ4n) is 0.549. The number of hydrogen-bond donors (Lipinski definition) is 4. The number of nitrogens with zero attached hydrogens (tertiary/aromatic N) is 3. The van der Waals surface area contributed by atoms with Gasteiger partial charge in [0.2, 0.25) is 0 Å². The minimum Gasteiger partial charge on any atom is -0.512 e. The predicted octanol–water partition coefficient (Wildman–Crippen LogP) is 2.94. The third-order valence-corrected chi connectivity index (χ3v) is 3.19. The molecule has 0 aromatic heterocycles. The van der Waals surface area contributed by atoms with Gasteiger partial charge in [0.1, 0.15) is 11.4 Å². The van der Waals surface area contributed by atoms with Crippen molar-refractivity contribution in [1.29, 1.82) is 5.26 Å². The zero-order chi connectivity index (χ0) is 20.8. The molecule has 12 nitrogen and oxygen atoms in total. The van der Waals surface area contributed by atoms with Crippen LogP contribution in [-0.2, 0) is 30.4 Å². The van der Waals surface area contributed by atoms with Crippen molar-refractivity contribution < 1.29 is 40.8 Å². The van der Waals surface area contributed by atoms with E-state index < -0.39 is 8.60 Å². The Bertz CT molecular complexity index is 396. The molecule has 14 heteroatoms. The first-order chi connectivity index (χ1) is 11.8. The average molecular weight is 442 g/mol. The van der Waals surface area contributed by atoms with Crippen molar-refractivity contribution in [3.05, 3.63) is 39.2 Å². The molecule has 0 saturated heterocycles. The van der Waals surface area contributed by atoms with Gasteiger partial charge >= 0.3 is 8.60 Å². The quantitative estimate of drug-likeness (QED) is 0.198. The summed E-state index contributed by atoms with van der Waals surface area (Å²) in [6.45, 7) is 10.9. The van der Waals surface area contributed by atoms with Crippen LogP contribution >= 0.6 is 8.60 Å². The molecule has 0 aliphatic rings. The van der Waals surface area contributed by atoms with E-state index in [1.165, 1.54) is 13.8 Å². The summed E-state index contributed by atoms with van der Waals surface area (Å²) in [6.07, 6.45) is 0. The molecule has 0 aromatic carbocycles. The number of allylic oxidation sites excluding steroid dienone is 4. The molecule has 0 aliphatic heterocycles. The Hall–Kier alpha value is -1.49. The summed E-state index contributed by atoms with van der Waals surface area (Å²) in [7, 11) is 3.31. The fraction of sp³-hybridized carbons (Fsp3) is 0.583. The molecule has 155 valence electrons. The Labute approximate surface area is 164 Å².